The number of aromatic nitrogens is 6. The number of hydrogen-bond acceptors (Lipinski definition) is 8. The van der Waals surface area contributed by atoms with E-state index >= 15 is 0 Å². The van der Waals surface area contributed by atoms with E-state index in [0.29, 0.717) is 6.20 Å². The molecule has 0 aliphatic rings. The van der Waals surface area contributed by atoms with Crippen LogP contribution in [0.15, 0.2) is 45.0 Å². The number of pyridine rings is 1. The number of rotatable bonds is 3. The largest absolute Gasteiger partial charge is 0.417 e. The fourth-order valence-electron chi connectivity index (χ4n) is 2.43. The summed E-state index contributed by atoms with van der Waals surface area (Å²) in [6, 6.07) is 2.99. The molecule has 150 valence electrons. The highest BCUT2D eigenvalue weighted by Crippen LogP contribution is 2.29. The second kappa shape index (κ2) is 6.21. The number of nitrogens with one attached hydrogen (secondary N) is 1. The van der Waals surface area contributed by atoms with E-state index in [1.807, 2.05) is 0 Å². The summed E-state index contributed by atoms with van der Waals surface area (Å²) >= 11 is 0. The zero-order valence-corrected chi connectivity index (χ0v) is 14.7. The quantitative estimate of drug-likeness (QED) is 0.485. The van der Waals surface area contributed by atoms with Crippen molar-refractivity contribution < 1.29 is 26.0 Å². The molecule has 4 rings (SSSR count). The van der Waals surface area contributed by atoms with E-state index in [2.05, 4.69) is 25.3 Å². The predicted octanol–water partition coefficient (Wildman–Crippen LogP) is 0.801. The van der Waals surface area contributed by atoms with Crippen molar-refractivity contribution in [3.05, 3.63) is 46.5 Å². The van der Waals surface area contributed by atoms with Crippen molar-refractivity contribution in [1.29, 1.82) is 0 Å². The van der Waals surface area contributed by atoms with Gasteiger partial charge in [-0.05, 0) is 12.1 Å². The summed E-state index contributed by atoms with van der Waals surface area (Å²) in [4.78, 5) is 18.8. The van der Waals surface area contributed by atoms with Crippen LogP contribution in [-0.4, -0.2) is 38.2 Å². The topological polar surface area (TPSA) is 162 Å². The summed E-state index contributed by atoms with van der Waals surface area (Å²) in [6.07, 6.45) is -2.76. The van der Waals surface area contributed by atoms with Crippen molar-refractivity contribution >= 4 is 15.7 Å². The van der Waals surface area contributed by atoms with Crippen LogP contribution in [-0.2, 0) is 16.2 Å². The first-order valence-electron chi connectivity index (χ1n) is 7.55. The highest BCUT2D eigenvalue weighted by Gasteiger charge is 2.30. The van der Waals surface area contributed by atoms with Gasteiger partial charge in [0.25, 0.3) is 21.5 Å². The lowest BCUT2D eigenvalue weighted by Gasteiger charge is -2.07. The third-order valence-electron chi connectivity index (χ3n) is 3.75. The molecule has 0 amide bonds. The molecule has 0 aromatic carbocycles. The van der Waals surface area contributed by atoms with E-state index < -0.39 is 32.5 Å². The average molecular weight is 427 g/mol. The Balaban J connectivity index is 1.84. The van der Waals surface area contributed by atoms with E-state index in [9.17, 15) is 26.4 Å². The van der Waals surface area contributed by atoms with Gasteiger partial charge < -0.3 is 9.40 Å². The normalized spacial score (nSPS) is 12.6. The van der Waals surface area contributed by atoms with Crippen molar-refractivity contribution in [3.63, 3.8) is 0 Å². The molecular formula is C14H8F3N7O4S. The Morgan fingerprint density at radius 3 is 2.52 bits per heavy atom. The zero-order chi connectivity index (χ0) is 21.0. The SMILES string of the molecule is NS(=O)(=O)c1nnc(-c2cnn3c(=O)cc(-c4ccc(C(F)(F)F)cn4)[nH]c23)o1. The molecule has 0 radical (unpaired) electrons. The van der Waals surface area contributed by atoms with Crippen molar-refractivity contribution in [1.82, 2.24) is 29.8 Å². The van der Waals surface area contributed by atoms with Gasteiger partial charge >= 0.3 is 11.4 Å². The zero-order valence-electron chi connectivity index (χ0n) is 13.9. The van der Waals surface area contributed by atoms with Crippen LogP contribution in [0.5, 0.6) is 0 Å². The van der Waals surface area contributed by atoms with Gasteiger partial charge in [0, 0.05) is 12.3 Å². The van der Waals surface area contributed by atoms with Crippen LogP contribution in [0.1, 0.15) is 5.56 Å². The van der Waals surface area contributed by atoms with Crippen LogP contribution in [0.3, 0.4) is 0 Å². The highest BCUT2D eigenvalue weighted by atomic mass is 32.2. The Morgan fingerprint density at radius 1 is 1.17 bits per heavy atom. The molecule has 15 heteroatoms. The van der Waals surface area contributed by atoms with Crippen molar-refractivity contribution in [3.8, 4) is 22.8 Å². The lowest BCUT2D eigenvalue weighted by Crippen LogP contribution is -2.14. The first kappa shape index (κ1) is 18.8. The number of aromatic amines is 1. The molecule has 0 fully saturated rings. The number of primary sulfonamides is 1. The Morgan fingerprint density at radius 2 is 1.93 bits per heavy atom. The molecule has 0 aliphatic heterocycles. The van der Waals surface area contributed by atoms with E-state index in [0.717, 1.165) is 28.9 Å². The summed E-state index contributed by atoms with van der Waals surface area (Å²) < 4.78 is 66.6. The molecule has 0 saturated carbocycles. The second-order valence-electron chi connectivity index (χ2n) is 5.69. The number of nitrogens with zero attached hydrogens (tertiary/aromatic N) is 5. The van der Waals surface area contributed by atoms with Gasteiger partial charge in [-0.25, -0.2) is 13.6 Å². The number of nitrogens with two attached hydrogens (primary N) is 1. The van der Waals surface area contributed by atoms with Crippen LogP contribution in [0.25, 0.3) is 28.5 Å². The van der Waals surface area contributed by atoms with Gasteiger partial charge in [0.15, 0.2) is 5.65 Å². The first-order valence-corrected chi connectivity index (χ1v) is 9.10. The van der Waals surface area contributed by atoms with E-state index in [4.69, 9.17) is 9.56 Å². The molecule has 0 aliphatic carbocycles. The fourth-order valence-corrected chi connectivity index (χ4v) is 2.78. The molecule has 0 spiro atoms. The van der Waals surface area contributed by atoms with Gasteiger partial charge in [-0.2, -0.15) is 22.8 Å². The molecule has 0 saturated heterocycles. The minimum atomic E-state index is -4.56. The molecule has 4 aromatic heterocycles. The number of H-pyrrole nitrogens is 1. The fraction of sp³-hybridized carbons (Fsp3) is 0.0714. The molecular weight excluding hydrogens is 419 g/mol. The number of fused-ring (bicyclic) bond motifs is 1. The Bertz CT molecular complexity index is 1390. The van der Waals surface area contributed by atoms with Gasteiger partial charge in [0.05, 0.1) is 23.1 Å². The van der Waals surface area contributed by atoms with Crippen molar-refractivity contribution in [2.75, 3.05) is 0 Å². The lowest BCUT2D eigenvalue weighted by atomic mass is 10.2. The molecule has 11 nitrogen and oxygen atoms in total. The summed E-state index contributed by atoms with van der Waals surface area (Å²) in [6.45, 7) is 0. The third-order valence-corrected chi connectivity index (χ3v) is 4.40. The van der Waals surface area contributed by atoms with Crippen LogP contribution in [0, 0.1) is 0 Å². The van der Waals surface area contributed by atoms with Crippen molar-refractivity contribution in [2.24, 2.45) is 5.14 Å². The van der Waals surface area contributed by atoms with Crippen molar-refractivity contribution in [2.45, 2.75) is 11.4 Å². The van der Waals surface area contributed by atoms with Crippen LogP contribution in [0.2, 0.25) is 0 Å². The van der Waals surface area contributed by atoms with Gasteiger partial charge in [0.1, 0.15) is 5.56 Å². The maximum atomic E-state index is 12.7. The number of hydrogen-bond donors (Lipinski definition) is 2. The van der Waals surface area contributed by atoms with Crippen LogP contribution < -0.4 is 10.7 Å². The van der Waals surface area contributed by atoms with E-state index in [-0.39, 0.29) is 28.5 Å². The molecule has 0 atom stereocenters. The Hall–Kier alpha value is -3.59. The molecule has 4 heterocycles. The van der Waals surface area contributed by atoms with Gasteiger partial charge in [-0.1, -0.05) is 5.10 Å². The standard InChI is InChI=1S/C14H8F3N7O4S/c15-14(16,17)6-1-2-8(19-4-6)9-3-10(25)24-11(21-9)7(5-20-24)12-22-23-13(28-12)29(18,26)27/h1-5,21H,(H2,18,26,27). The van der Waals surface area contributed by atoms with Crippen LogP contribution in [0.4, 0.5) is 13.2 Å². The van der Waals surface area contributed by atoms with Gasteiger partial charge in [0.2, 0.25) is 0 Å². The summed E-state index contributed by atoms with van der Waals surface area (Å²) in [7, 11) is -4.24. The molecule has 4 aromatic rings. The number of alkyl halides is 3. The van der Waals surface area contributed by atoms with Crippen LogP contribution >= 0.6 is 0 Å². The summed E-state index contributed by atoms with van der Waals surface area (Å²) in [5, 5.41) is 14.8. The first-order chi connectivity index (χ1) is 13.5. The molecule has 3 N–H and O–H groups in total. The maximum absolute atomic E-state index is 12.7. The second-order valence-corrected chi connectivity index (χ2v) is 7.13. The van der Waals surface area contributed by atoms with Gasteiger partial charge in [-0.3, -0.25) is 9.78 Å². The number of sulfonamides is 1. The van der Waals surface area contributed by atoms with Gasteiger partial charge in [-0.15, -0.1) is 5.10 Å². The summed E-state index contributed by atoms with van der Waals surface area (Å²) in [5.41, 5.74) is -1.34. The Labute approximate surface area is 158 Å². The smallest absolute Gasteiger partial charge is 0.407 e. The number of halogens is 3. The minimum Gasteiger partial charge on any atom is -0.407 e. The third kappa shape index (κ3) is 3.36. The monoisotopic (exact) mass is 427 g/mol. The average Bonchev–Trinajstić information content (AvgIpc) is 3.27. The molecule has 0 bridgehead atoms. The van der Waals surface area contributed by atoms with E-state index in [1.165, 1.54) is 0 Å². The Kier molecular flexibility index (Phi) is 4.02. The lowest BCUT2D eigenvalue weighted by molar-refractivity contribution is -0.137. The predicted molar refractivity (Wildman–Crippen MR) is 88.7 cm³/mol. The maximum Gasteiger partial charge on any atom is 0.417 e. The highest BCUT2D eigenvalue weighted by molar-refractivity contribution is 7.88. The summed E-state index contributed by atoms with van der Waals surface area (Å²) in [5.74, 6) is -0.294. The molecule has 0 unspecified atom stereocenters. The van der Waals surface area contributed by atoms with E-state index in [1.54, 1.807) is 0 Å². The molecule has 29 heavy (non-hydrogen) atoms. The minimum absolute atomic E-state index is 0.0267.